The van der Waals surface area contributed by atoms with Crippen molar-refractivity contribution in [3.63, 3.8) is 0 Å². The summed E-state index contributed by atoms with van der Waals surface area (Å²) in [4.78, 5) is 13.6. The van der Waals surface area contributed by atoms with Gasteiger partial charge < -0.3 is 4.57 Å². The molecule has 2 aromatic heterocycles. The fourth-order valence-corrected chi connectivity index (χ4v) is 2.79. The van der Waals surface area contributed by atoms with E-state index >= 15 is 0 Å². The standard InChI is InChI=1S/C18H16N4/c1-12-5-7-14(8-6-12)17-18(15-9-10-19-13(2)20-15)22-11-3-4-16(22)21-17/h3,5-11H,4H2,1-2H3. The van der Waals surface area contributed by atoms with E-state index in [0.717, 1.165) is 40.7 Å². The summed E-state index contributed by atoms with van der Waals surface area (Å²) in [6, 6.07) is 10.4. The third kappa shape index (κ3) is 2.04. The maximum absolute atomic E-state index is 4.84. The molecule has 0 atom stereocenters. The highest BCUT2D eigenvalue weighted by molar-refractivity contribution is 5.79. The predicted molar refractivity (Wildman–Crippen MR) is 87.2 cm³/mol. The monoisotopic (exact) mass is 288 g/mol. The number of hydrogen-bond acceptors (Lipinski definition) is 3. The number of aryl methyl sites for hydroxylation is 2. The van der Waals surface area contributed by atoms with Crippen molar-refractivity contribution in [3.05, 3.63) is 59.8 Å². The van der Waals surface area contributed by atoms with Crippen LogP contribution in [0.2, 0.25) is 0 Å². The van der Waals surface area contributed by atoms with Crippen molar-refractivity contribution in [2.75, 3.05) is 0 Å². The lowest BCUT2D eigenvalue weighted by atomic mass is 10.1. The van der Waals surface area contributed by atoms with Crippen LogP contribution in [0.3, 0.4) is 0 Å². The molecule has 0 N–H and O–H groups in total. The highest BCUT2D eigenvalue weighted by Crippen LogP contribution is 2.34. The number of imidazole rings is 1. The first kappa shape index (κ1) is 13.0. The van der Waals surface area contributed by atoms with Crippen molar-refractivity contribution in [3.8, 4) is 22.6 Å². The topological polar surface area (TPSA) is 43.6 Å². The molecule has 0 spiro atoms. The summed E-state index contributed by atoms with van der Waals surface area (Å²) in [5, 5.41) is 0. The summed E-state index contributed by atoms with van der Waals surface area (Å²) in [6.45, 7) is 4.00. The molecule has 3 aromatic rings. The molecule has 3 heterocycles. The average molecular weight is 288 g/mol. The molecule has 0 fully saturated rings. The van der Waals surface area contributed by atoms with Gasteiger partial charge in [0.25, 0.3) is 0 Å². The smallest absolute Gasteiger partial charge is 0.125 e. The van der Waals surface area contributed by atoms with Crippen LogP contribution in [0.5, 0.6) is 0 Å². The van der Waals surface area contributed by atoms with Crippen molar-refractivity contribution < 1.29 is 0 Å². The molecular weight excluding hydrogens is 272 g/mol. The van der Waals surface area contributed by atoms with Gasteiger partial charge in [-0.25, -0.2) is 15.0 Å². The quantitative estimate of drug-likeness (QED) is 0.723. The molecular formula is C18H16N4. The molecule has 1 aromatic carbocycles. The molecule has 0 bridgehead atoms. The molecule has 0 aliphatic carbocycles. The molecule has 4 nitrogen and oxygen atoms in total. The van der Waals surface area contributed by atoms with E-state index in [4.69, 9.17) is 4.98 Å². The molecule has 0 unspecified atom stereocenters. The maximum atomic E-state index is 4.84. The van der Waals surface area contributed by atoms with E-state index in [1.54, 1.807) is 6.20 Å². The Bertz CT molecular complexity index is 873. The van der Waals surface area contributed by atoms with E-state index in [1.807, 2.05) is 13.0 Å². The van der Waals surface area contributed by atoms with Gasteiger partial charge in [-0.05, 0) is 19.9 Å². The minimum absolute atomic E-state index is 0.768. The van der Waals surface area contributed by atoms with Crippen LogP contribution in [0.15, 0.2) is 42.6 Å². The van der Waals surface area contributed by atoms with E-state index in [0.29, 0.717) is 0 Å². The molecule has 1 aliphatic heterocycles. The molecule has 1 aliphatic rings. The van der Waals surface area contributed by atoms with E-state index in [1.165, 1.54) is 5.56 Å². The SMILES string of the molecule is Cc1ccc(-c2nc3n(c2-c2ccnc(C)n2)C=CC3)cc1. The Labute approximate surface area is 129 Å². The van der Waals surface area contributed by atoms with Gasteiger partial charge in [-0.15, -0.1) is 0 Å². The van der Waals surface area contributed by atoms with Crippen LogP contribution in [-0.2, 0) is 6.42 Å². The van der Waals surface area contributed by atoms with E-state index in [-0.39, 0.29) is 0 Å². The van der Waals surface area contributed by atoms with E-state index < -0.39 is 0 Å². The fourth-order valence-electron chi connectivity index (χ4n) is 2.79. The maximum Gasteiger partial charge on any atom is 0.125 e. The molecule has 108 valence electrons. The van der Waals surface area contributed by atoms with Crippen LogP contribution in [-0.4, -0.2) is 19.5 Å². The van der Waals surface area contributed by atoms with E-state index in [2.05, 4.69) is 58.0 Å². The summed E-state index contributed by atoms with van der Waals surface area (Å²) >= 11 is 0. The first-order valence-corrected chi connectivity index (χ1v) is 7.37. The zero-order valence-electron chi connectivity index (χ0n) is 12.6. The number of allylic oxidation sites excluding steroid dienone is 1. The van der Waals surface area contributed by atoms with Crippen LogP contribution >= 0.6 is 0 Å². The van der Waals surface area contributed by atoms with Gasteiger partial charge in [0.15, 0.2) is 0 Å². The number of aromatic nitrogens is 4. The van der Waals surface area contributed by atoms with Crippen LogP contribution in [0.25, 0.3) is 28.8 Å². The number of nitrogens with zero attached hydrogens (tertiary/aromatic N) is 4. The predicted octanol–water partition coefficient (Wildman–Crippen LogP) is 3.65. The van der Waals surface area contributed by atoms with Crippen LogP contribution in [0.4, 0.5) is 0 Å². The van der Waals surface area contributed by atoms with Crippen molar-refractivity contribution in [2.24, 2.45) is 0 Å². The molecule has 0 saturated heterocycles. The Balaban J connectivity index is 1.96. The van der Waals surface area contributed by atoms with Gasteiger partial charge >= 0.3 is 0 Å². The van der Waals surface area contributed by atoms with Crippen molar-refractivity contribution in [1.82, 2.24) is 19.5 Å². The Morgan fingerprint density at radius 1 is 1.00 bits per heavy atom. The molecule has 0 radical (unpaired) electrons. The van der Waals surface area contributed by atoms with Gasteiger partial charge in [-0.1, -0.05) is 35.9 Å². The van der Waals surface area contributed by atoms with Gasteiger partial charge in [0.2, 0.25) is 0 Å². The summed E-state index contributed by atoms with van der Waals surface area (Å²) in [7, 11) is 0. The van der Waals surface area contributed by atoms with Gasteiger partial charge in [0.1, 0.15) is 11.6 Å². The zero-order valence-corrected chi connectivity index (χ0v) is 12.6. The van der Waals surface area contributed by atoms with Crippen LogP contribution < -0.4 is 0 Å². The fraction of sp³-hybridized carbons (Fsp3) is 0.167. The van der Waals surface area contributed by atoms with Gasteiger partial charge in [-0.3, -0.25) is 0 Å². The average Bonchev–Trinajstić information content (AvgIpc) is 3.08. The highest BCUT2D eigenvalue weighted by atomic mass is 15.1. The lowest BCUT2D eigenvalue weighted by Gasteiger charge is -2.07. The molecule has 0 saturated carbocycles. The van der Waals surface area contributed by atoms with Gasteiger partial charge in [0, 0.05) is 24.4 Å². The zero-order chi connectivity index (χ0) is 15.1. The normalized spacial score (nSPS) is 12.6. The summed E-state index contributed by atoms with van der Waals surface area (Å²) in [6.07, 6.45) is 6.86. The first-order chi connectivity index (χ1) is 10.7. The van der Waals surface area contributed by atoms with Crippen molar-refractivity contribution >= 4 is 6.20 Å². The third-order valence-electron chi connectivity index (χ3n) is 3.88. The minimum atomic E-state index is 0.768. The van der Waals surface area contributed by atoms with Crippen molar-refractivity contribution in [2.45, 2.75) is 20.3 Å². The molecule has 4 heteroatoms. The third-order valence-corrected chi connectivity index (χ3v) is 3.88. The summed E-state index contributed by atoms with van der Waals surface area (Å²) in [5.74, 6) is 1.83. The second-order valence-electron chi connectivity index (χ2n) is 5.54. The second kappa shape index (κ2) is 4.91. The molecule has 4 rings (SSSR count). The molecule has 0 amide bonds. The Morgan fingerprint density at radius 2 is 1.82 bits per heavy atom. The minimum Gasteiger partial charge on any atom is -0.301 e. The van der Waals surface area contributed by atoms with Gasteiger partial charge in [-0.2, -0.15) is 0 Å². The number of rotatable bonds is 2. The largest absolute Gasteiger partial charge is 0.301 e. The molecule has 22 heavy (non-hydrogen) atoms. The van der Waals surface area contributed by atoms with Crippen LogP contribution in [0, 0.1) is 13.8 Å². The van der Waals surface area contributed by atoms with E-state index in [9.17, 15) is 0 Å². The number of fused-ring (bicyclic) bond motifs is 1. The van der Waals surface area contributed by atoms with Crippen molar-refractivity contribution in [1.29, 1.82) is 0 Å². The summed E-state index contributed by atoms with van der Waals surface area (Å²) in [5.41, 5.74) is 5.30. The Morgan fingerprint density at radius 3 is 2.59 bits per heavy atom. The first-order valence-electron chi connectivity index (χ1n) is 7.37. The lowest BCUT2D eigenvalue weighted by Crippen LogP contribution is -1.96. The lowest BCUT2D eigenvalue weighted by molar-refractivity contribution is 1.01. The number of hydrogen-bond donors (Lipinski definition) is 0. The number of benzene rings is 1. The Hall–Kier alpha value is -2.75. The van der Waals surface area contributed by atoms with Gasteiger partial charge in [0.05, 0.1) is 17.1 Å². The van der Waals surface area contributed by atoms with Crippen LogP contribution in [0.1, 0.15) is 17.2 Å². The highest BCUT2D eigenvalue weighted by Gasteiger charge is 2.21. The Kier molecular flexibility index (Phi) is 2.89. The summed E-state index contributed by atoms with van der Waals surface area (Å²) < 4.78 is 2.14. The second-order valence-corrected chi connectivity index (χ2v) is 5.54.